The first kappa shape index (κ1) is 12.0. The van der Waals surface area contributed by atoms with Gasteiger partial charge < -0.3 is 15.8 Å². The van der Waals surface area contributed by atoms with Gasteiger partial charge in [0.25, 0.3) is 0 Å². The Bertz CT molecular complexity index is 327. The predicted molar refractivity (Wildman–Crippen MR) is 67.7 cm³/mol. The molecule has 0 aliphatic carbocycles. The molecule has 0 amide bonds. The van der Waals surface area contributed by atoms with Gasteiger partial charge in [0.15, 0.2) is 0 Å². The van der Waals surface area contributed by atoms with Crippen LogP contribution in [0.4, 0.5) is 0 Å². The number of thiophene rings is 1. The zero-order valence-electron chi connectivity index (χ0n) is 9.74. The van der Waals surface area contributed by atoms with Gasteiger partial charge in [0, 0.05) is 34.8 Å². The minimum Gasteiger partial charge on any atom is -0.379 e. The van der Waals surface area contributed by atoms with Crippen LogP contribution >= 0.6 is 11.3 Å². The van der Waals surface area contributed by atoms with Crippen LogP contribution in [0.25, 0.3) is 0 Å². The molecule has 4 heteroatoms. The second kappa shape index (κ2) is 5.77. The van der Waals surface area contributed by atoms with E-state index in [4.69, 9.17) is 10.5 Å². The van der Waals surface area contributed by atoms with Gasteiger partial charge in [-0.3, -0.25) is 0 Å². The van der Waals surface area contributed by atoms with Crippen molar-refractivity contribution in [3.63, 3.8) is 0 Å². The van der Waals surface area contributed by atoms with Gasteiger partial charge in [0.2, 0.25) is 0 Å². The third-order valence-electron chi connectivity index (χ3n) is 3.02. The predicted octanol–water partition coefficient (Wildman–Crippen LogP) is 1.37. The molecule has 3 N–H and O–H groups in total. The normalized spacial score (nSPS) is 25.1. The van der Waals surface area contributed by atoms with Crippen LogP contribution in [0.2, 0.25) is 0 Å². The molecule has 0 bridgehead atoms. The molecule has 16 heavy (non-hydrogen) atoms. The summed E-state index contributed by atoms with van der Waals surface area (Å²) in [7, 11) is 0. The van der Waals surface area contributed by atoms with Gasteiger partial charge in [-0.15, -0.1) is 11.3 Å². The maximum atomic E-state index is 5.92. The Morgan fingerprint density at radius 1 is 1.44 bits per heavy atom. The van der Waals surface area contributed by atoms with Gasteiger partial charge in [-0.1, -0.05) is 6.92 Å². The first-order valence-corrected chi connectivity index (χ1v) is 6.73. The van der Waals surface area contributed by atoms with Crippen LogP contribution in [-0.4, -0.2) is 25.8 Å². The molecule has 1 aliphatic rings. The van der Waals surface area contributed by atoms with E-state index in [-0.39, 0.29) is 6.04 Å². The molecule has 1 aromatic heterocycles. The second-order valence-corrected chi connectivity index (χ2v) is 5.57. The van der Waals surface area contributed by atoms with Crippen LogP contribution < -0.4 is 11.1 Å². The summed E-state index contributed by atoms with van der Waals surface area (Å²) < 4.78 is 5.33. The molecule has 0 spiro atoms. The van der Waals surface area contributed by atoms with Crippen molar-refractivity contribution in [3.8, 4) is 0 Å². The van der Waals surface area contributed by atoms with Crippen LogP contribution in [0.5, 0.6) is 0 Å². The third-order valence-corrected chi connectivity index (χ3v) is 4.25. The first-order chi connectivity index (χ1) is 7.79. The van der Waals surface area contributed by atoms with Crippen molar-refractivity contribution >= 4 is 11.3 Å². The molecule has 1 fully saturated rings. The van der Waals surface area contributed by atoms with Crippen molar-refractivity contribution in [1.29, 1.82) is 0 Å². The van der Waals surface area contributed by atoms with Gasteiger partial charge in [0.05, 0.1) is 13.2 Å². The van der Waals surface area contributed by atoms with E-state index in [2.05, 4.69) is 24.4 Å². The lowest BCUT2D eigenvalue weighted by molar-refractivity contribution is 0.184. The van der Waals surface area contributed by atoms with E-state index < -0.39 is 0 Å². The summed E-state index contributed by atoms with van der Waals surface area (Å²) in [6, 6.07) is 4.63. The summed E-state index contributed by atoms with van der Waals surface area (Å²) >= 11 is 1.89. The minimum absolute atomic E-state index is 0.210. The monoisotopic (exact) mass is 240 g/mol. The van der Waals surface area contributed by atoms with Crippen molar-refractivity contribution < 1.29 is 4.74 Å². The molecule has 2 heterocycles. The van der Waals surface area contributed by atoms with Gasteiger partial charge in [-0.2, -0.15) is 0 Å². The maximum Gasteiger partial charge on any atom is 0.0621 e. The molecule has 0 saturated carbocycles. The van der Waals surface area contributed by atoms with Crippen LogP contribution in [0.15, 0.2) is 12.1 Å². The second-order valence-electron chi connectivity index (χ2n) is 4.31. The van der Waals surface area contributed by atoms with Crippen molar-refractivity contribution in [1.82, 2.24) is 5.32 Å². The van der Waals surface area contributed by atoms with Gasteiger partial charge in [-0.05, 0) is 18.6 Å². The largest absolute Gasteiger partial charge is 0.379 e. The van der Waals surface area contributed by atoms with Crippen molar-refractivity contribution in [2.24, 2.45) is 11.7 Å². The fourth-order valence-electron chi connectivity index (χ4n) is 1.91. The van der Waals surface area contributed by atoms with E-state index >= 15 is 0 Å². The highest BCUT2D eigenvalue weighted by Gasteiger charge is 2.23. The molecule has 2 unspecified atom stereocenters. The molecule has 90 valence electrons. The fourth-order valence-corrected chi connectivity index (χ4v) is 2.84. The van der Waals surface area contributed by atoms with E-state index in [1.165, 1.54) is 9.75 Å². The molecule has 1 saturated heterocycles. The maximum absolute atomic E-state index is 5.92. The van der Waals surface area contributed by atoms with Crippen LogP contribution in [0.1, 0.15) is 16.7 Å². The summed E-state index contributed by atoms with van der Waals surface area (Å²) in [6.07, 6.45) is 1.13. The molecule has 3 nitrogen and oxygen atoms in total. The molecular formula is C12H20N2OS. The quantitative estimate of drug-likeness (QED) is 0.817. The lowest BCUT2D eigenvalue weighted by Crippen LogP contribution is -2.35. The lowest BCUT2D eigenvalue weighted by Gasteiger charge is -2.13. The lowest BCUT2D eigenvalue weighted by atomic mass is 10.1. The highest BCUT2D eigenvalue weighted by atomic mass is 32.1. The Labute approximate surface area is 101 Å². The number of hydrogen-bond acceptors (Lipinski definition) is 4. The summed E-state index contributed by atoms with van der Waals surface area (Å²) in [6.45, 7) is 5.62. The SMILES string of the molecule is CCc1ccc(CNCC2COCC2N)s1. The smallest absolute Gasteiger partial charge is 0.0621 e. The molecule has 0 radical (unpaired) electrons. The highest BCUT2D eigenvalue weighted by molar-refractivity contribution is 7.11. The molecule has 0 aromatic carbocycles. The standard InChI is InChI=1S/C12H20N2OS/c1-2-10-3-4-11(16-10)6-14-5-9-7-15-8-12(9)13/h3-4,9,12,14H,2,5-8,13H2,1H3. The Morgan fingerprint density at radius 2 is 2.25 bits per heavy atom. The Morgan fingerprint density at radius 3 is 2.88 bits per heavy atom. The van der Waals surface area contributed by atoms with Crippen LogP contribution in [0.3, 0.4) is 0 Å². The van der Waals surface area contributed by atoms with E-state index in [1.807, 2.05) is 11.3 Å². The molecule has 1 aromatic rings. The number of ether oxygens (including phenoxy) is 1. The number of nitrogens with one attached hydrogen (secondary N) is 1. The van der Waals surface area contributed by atoms with E-state index in [9.17, 15) is 0 Å². The first-order valence-electron chi connectivity index (χ1n) is 5.91. The topological polar surface area (TPSA) is 47.3 Å². The highest BCUT2D eigenvalue weighted by Crippen LogP contribution is 2.17. The summed E-state index contributed by atoms with van der Waals surface area (Å²) in [5.41, 5.74) is 5.92. The van der Waals surface area contributed by atoms with Gasteiger partial charge >= 0.3 is 0 Å². The summed E-state index contributed by atoms with van der Waals surface area (Å²) in [5, 5.41) is 3.46. The van der Waals surface area contributed by atoms with Gasteiger partial charge in [0.1, 0.15) is 0 Å². The molecule has 2 atom stereocenters. The van der Waals surface area contributed by atoms with Crippen molar-refractivity contribution in [2.75, 3.05) is 19.8 Å². The Kier molecular flexibility index (Phi) is 4.35. The molecule has 1 aliphatic heterocycles. The van der Waals surface area contributed by atoms with Crippen molar-refractivity contribution in [3.05, 3.63) is 21.9 Å². The summed E-state index contributed by atoms with van der Waals surface area (Å²) in [4.78, 5) is 2.86. The number of aryl methyl sites for hydroxylation is 1. The van der Waals surface area contributed by atoms with E-state index in [1.54, 1.807) is 0 Å². The van der Waals surface area contributed by atoms with Gasteiger partial charge in [-0.25, -0.2) is 0 Å². The van der Waals surface area contributed by atoms with E-state index in [0.29, 0.717) is 12.5 Å². The fraction of sp³-hybridized carbons (Fsp3) is 0.667. The average molecular weight is 240 g/mol. The molecule has 2 rings (SSSR count). The Balaban J connectivity index is 1.71. The Hall–Kier alpha value is -0.420. The average Bonchev–Trinajstić information content (AvgIpc) is 2.89. The number of rotatable bonds is 5. The van der Waals surface area contributed by atoms with Crippen LogP contribution in [0, 0.1) is 5.92 Å². The minimum atomic E-state index is 0.210. The van der Waals surface area contributed by atoms with E-state index in [0.717, 1.165) is 26.1 Å². The molecular weight excluding hydrogens is 220 g/mol. The third kappa shape index (κ3) is 3.04. The van der Waals surface area contributed by atoms with Crippen molar-refractivity contribution in [2.45, 2.75) is 25.9 Å². The van der Waals surface area contributed by atoms with Crippen LogP contribution in [-0.2, 0) is 17.7 Å². The number of hydrogen-bond donors (Lipinski definition) is 2. The zero-order valence-corrected chi connectivity index (χ0v) is 10.6. The zero-order chi connectivity index (χ0) is 11.4. The summed E-state index contributed by atoms with van der Waals surface area (Å²) in [5.74, 6) is 0.477. The number of nitrogens with two attached hydrogens (primary N) is 1.